The molecule has 0 amide bonds. The summed E-state index contributed by atoms with van der Waals surface area (Å²) in [5, 5.41) is 35.5. The van der Waals surface area contributed by atoms with E-state index in [1.54, 1.807) is 0 Å². The van der Waals surface area contributed by atoms with Crippen LogP contribution >= 0.6 is 0 Å². The highest BCUT2D eigenvalue weighted by Gasteiger charge is 2.18. The van der Waals surface area contributed by atoms with E-state index < -0.39 is 39.1 Å². The second-order valence-electron chi connectivity index (χ2n) is 5.06. The monoisotopic (exact) mass is 380 g/mol. The minimum absolute atomic E-state index is 0.0615. The topological polar surface area (TPSA) is 174 Å². The number of phenols is 2. The first kappa shape index (κ1) is 19.0. The maximum Gasteiger partial charge on any atom is 0.339 e. The van der Waals surface area contributed by atoms with Crippen LogP contribution in [0.5, 0.6) is 11.5 Å². The maximum absolute atomic E-state index is 11.8. The number of carboxylic acids is 1. The molecule has 0 spiro atoms. The zero-order valence-electron chi connectivity index (χ0n) is 12.9. The number of rotatable bonds is 6. The van der Waals surface area contributed by atoms with Crippen molar-refractivity contribution in [2.24, 2.45) is 10.2 Å². The van der Waals surface area contributed by atoms with E-state index in [4.69, 9.17) is 9.66 Å². The number of azo groups is 1. The molecule has 2 aromatic rings. The third kappa shape index (κ3) is 4.84. The molecule has 0 radical (unpaired) electrons. The molecule has 0 unspecified atom stereocenters. The molecule has 2 rings (SSSR count). The number of benzene rings is 2. The molecule has 0 aliphatic heterocycles. The van der Waals surface area contributed by atoms with Crippen LogP contribution in [0.15, 0.2) is 46.6 Å². The van der Waals surface area contributed by atoms with Crippen LogP contribution in [0, 0.1) is 0 Å². The lowest BCUT2D eigenvalue weighted by Crippen LogP contribution is -2.15. The van der Waals surface area contributed by atoms with Gasteiger partial charge in [-0.05, 0) is 36.4 Å². The Labute approximate surface area is 146 Å². The molecule has 0 aliphatic carbocycles. The maximum atomic E-state index is 11.8. The van der Waals surface area contributed by atoms with Crippen molar-refractivity contribution in [2.75, 3.05) is 5.75 Å². The Kier molecular flexibility index (Phi) is 5.33. The third-order valence-corrected chi connectivity index (χ3v) is 3.71. The van der Waals surface area contributed by atoms with Gasteiger partial charge in [0.25, 0.3) is 10.1 Å². The number of hydrogen-bond acceptors (Lipinski definition) is 8. The van der Waals surface area contributed by atoms with E-state index in [9.17, 15) is 28.2 Å². The fraction of sp³-hybridized carbons (Fsp3) is 0.0667. The van der Waals surface area contributed by atoms with Crippen molar-refractivity contribution in [1.82, 2.24) is 0 Å². The van der Waals surface area contributed by atoms with Gasteiger partial charge in [-0.25, -0.2) is 4.79 Å². The minimum Gasteiger partial charge on any atom is -0.507 e. The smallest absolute Gasteiger partial charge is 0.339 e. The van der Waals surface area contributed by atoms with Crippen molar-refractivity contribution in [2.45, 2.75) is 0 Å². The summed E-state index contributed by atoms with van der Waals surface area (Å²) in [6.07, 6.45) is 0. The molecule has 136 valence electrons. The standard InChI is InChI=1S/C15H12N2O8S/c18-12-3-1-8(5-10(12)14(20)7-26(23,24)25)16-17-9-2-4-13(19)11(6-9)15(21)22/h1-6,18-19H,7H2,(H,21,22)(H,23,24,25). The van der Waals surface area contributed by atoms with Gasteiger partial charge in [0.2, 0.25) is 0 Å². The first-order valence-electron chi connectivity index (χ1n) is 6.86. The highest BCUT2D eigenvalue weighted by molar-refractivity contribution is 7.86. The summed E-state index contributed by atoms with van der Waals surface area (Å²) >= 11 is 0. The predicted octanol–water partition coefficient (Wildman–Crippen LogP) is 2.28. The molecule has 11 heteroatoms. The lowest BCUT2D eigenvalue weighted by molar-refractivity contribution is 0.0693. The normalized spacial score (nSPS) is 11.6. The SMILES string of the molecule is O=C(O)c1cc(N=Nc2ccc(O)c(C(=O)CS(=O)(=O)O)c2)ccc1O. The summed E-state index contributed by atoms with van der Waals surface area (Å²) in [4.78, 5) is 22.8. The number of aromatic hydroxyl groups is 2. The Morgan fingerprint density at radius 3 is 1.81 bits per heavy atom. The summed E-state index contributed by atoms with van der Waals surface area (Å²) in [6, 6.07) is 6.93. The van der Waals surface area contributed by atoms with Crippen molar-refractivity contribution >= 4 is 33.2 Å². The number of carbonyl (C=O) groups is 2. The van der Waals surface area contributed by atoms with Crippen molar-refractivity contribution in [3.63, 3.8) is 0 Å². The number of carboxylic acid groups (broad SMARTS) is 1. The summed E-state index contributed by atoms with van der Waals surface area (Å²) < 4.78 is 30.3. The average Bonchev–Trinajstić information content (AvgIpc) is 2.53. The van der Waals surface area contributed by atoms with E-state index in [2.05, 4.69) is 10.2 Å². The van der Waals surface area contributed by atoms with Gasteiger partial charge in [0.15, 0.2) is 5.78 Å². The van der Waals surface area contributed by atoms with E-state index >= 15 is 0 Å². The van der Waals surface area contributed by atoms with Crippen molar-refractivity contribution in [1.29, 1.82) is 0 Å². The largest absolute Gasteiger partial charge is 0.507 e. The molecule has 0 atom stereocenters. The molecule has 0 saturated heterocycles. The molecule has 0 bridgehead atoms. The van der Waals surface area contributed by atoms with Gasteiger partial charge in [-0.15, -0.1) is 0 Å². The van der Waals surface area contributed by atoms with Crippen LogP contribution in [-0.2, 0) is 10.1 Å². The van der Waals surface area contributed by atoms with Gasteiger partial charge in [-0.3, -0.25) is 9.35 Å². The average molecular weight is 380 g/mol. The number of nitrogens with zero attached hydrogens (tertiary/aromatic N) is 2. The van der Waals surface area contributed by atoms with Crippen LogP contribution < -0.4 is 0 Å². The van der Waals surface area contributed by atoms with Gasteiger partial charge < -0.3 is 15.3 Å². The van der Waals surface area contributed by atoms with E-state index in [1.807, 2.05) is 0 Å². The quantitative estimate of drug-likeness (QED) is 0.335. The molecule has 0 fully saturated rings. The first-order valence-corrected chi connectivity index (χ1v) is 8.47. The Bertz CT molecular complexity index is 1010. The Balaban J connectivity index is 2.32. The van der Waals surface area contributed by atoms with Crippen LogP contribution in [0.1, 0.15) is 20.7 Å². The van der Waals surface area contributed by atoms with Crippen LogP contribution in [0.2, 0.25) is 0 Å². The Morgan fingerprint density at radius 1 is 0.885 bits per heavy atom. The number of phenolic OH excluding ortho intramolecular Hbond substituents is 1. The van der Waals surface area contributed by atoms with Gasteiger partial charge in [0.1, 0.15) is 22.8 Å². The van der Waals surface area contributed by atoms with Gasteiger partial charge in [-0.2, -0.15) is 18.6 Å². The van der Waals surface area contributed by atoms with Crippen molar-refractivity contribution < 1.29 is 37.9 Å². The molecule has 0 heterocycles. The van der Waals surface area contributed by atoms with Gasteiger partial charge >= 0.3 is 5.97 Å². The minimum atomic E-state index is -4.57. The number of aromatic carboxylic acids is 1. The fourth-order valence-corrected chi connectivity index (χ4v) is 2.41. The van der Waals surface area contributed by atoms with Gasteiger partial charge in [0.05, 0.1) is 16.9 Å². The van der Waals surface area contributed by atoms with E-state index in [0.717, 1.165) is 24.3 Å². The van der Waals surface area contributed by atoms with E-state index in [0.29, 0.717) is 0 Å². The number of hydrogen-bond donors (Lipinski definition) is 4. The van der Waals surface area contributed by atoms with Crippen molar-refractivity contribution in [3.8, 4) is 11.5 Å². The van der Waals surface area contributed by atoms with Gasteiger partial charge in [-0.1, -0.05) is 0 Å². The molecule has 0 saturated carbocycles. The van der Waals surface area contributed by atoms with Crippen LogP contribution in [0.25, 0.3) is 0 Å². The molecular formula is C15H12N2O8S. The predicted molar refractivity (Wildman–Crippen MR) is 88.1 cm³/mol. The van der Waals surface area contributed by atoms with Gasteiger partial charge in [0, 0.05) is 0 Å². The second-order valence-corrected chi connectivity index (χ2v) is 6.51. The lowest BCUT2D eigenvalue weighted by Gasteiger charge is -2.04. The lowest BCUT2D eigenvalue weighted by atomic mass is 10.1. The zero-order chi connectivity index (χ0) is 19.5. The van der Waals surface area contributed by atoms with Crippen LogP contribution in [0.4, 0.5) is 11.4 Å². The molecule has 4 N–H and O–H groups in total. The summed E-state index contributed by atoms with van der Waals surface area (Å²) in [6.45, 7) is 0. The molecule has 10 nitrogen and oxygen atoms in total. The second kappa shape index (κ2) is 7.29. The molecule has 2 aromatic carbocycles. The highest BCUT2D eigenvalue weighted by Crippen LogP contribution is 2.28. The number of carbonyl (C=O) groups excluding carboxylic acids is 1. The number of ketones is 1. The van der Waals surface area contributed by atoms with E-state index in [-0.39, 0.29) is 22.5 Å². The Morgan fingerprint density at radius 2 is 1.35 bits per heavy atom. The molecule has 26 heavy (non-hydrogen) atoms. The van der Waals surface area contributed by atoms with Crippen LogP contribution in [0.3, 0.4) is 0 Å². The van der Waals surface area contributed by atoms with E-state index in [1.165, 1.54) is 12.1 Å². The first-order chi connectivity index (χ1) is 12.1. The number of Topliss-reactive ketones (excluding diaryl/α,β-unsaturated/α-hetero) is 1. The fourth-order valence-electron chi connectivity index (χ4n) is 1.93. The summed E-state index contributed by atoms with van der Waals surface area (Å²) in [5.41, 5.74) is -0.599. The zero-order valence-corrected chi connectivity index (χ0v) is 13.7. The molecular weight excluding hydrogens is 368 g/mol. The third-order valence-electron chi connectivity index (χ3n) is 3.09. The highest BCUT2D eigenvalue weighted by atomic mass is 32.2. The Hall–Kier alpha value is -3.31. The molecule has 0 aliphatic rings. The summed E-state index contributed by atoms with van der Waals surface area (Å²) in [5.74, 6) is -4.56. The van der Waals surface area contributed by atoms with Crippen molar-refractivity contribution in [3.05, 3.63) is 47.5 Å². The van der Waals surface area contributed by atoms with Crippen LogP contribution in [-0.4, -0.2) is 45.8 Å². The molecule has 0 aromatic heterocycles. The summed E-state index contributed by atoms with van der Waals surface area (Å²) in [7, 11) is -4.57.